The Labute approximate surface area is 202 Å². The van der Waals surface area contributed by atoms with Crippen LogP contribution in [0.3, 0.4) is 0 Å². The molecule has 3 aromatic heterocycles. The maximum Gasteiger partial charge on any atom is 0.228 e. The van der Waals surface area contributed by atoms with Crippen LogP contribution in [0.15, 0.2) is 53.1 Å². The first-order valence-corrected chi connectivity index (χ1v) is 11.6. The fraction of sp³-hybridized carbons (Fsp3) is 0.333. The number of ether oxygens (including phenoxy) is 2. The first-order chi connectivity index (χ1) is 17.2. The quantitative estimate of drug-likeness (QED) is 0.314. The van der Waals surface area contributed by atoms with Crippen molar-refractivity contribution in [3.63, 3.8) is 0 Å². The number of hydrogen-bond donors (Lipinski definition) is 3. The van der Waals surface area contributed by atoms with Crippen molar-refractivity contribution in [3.8, 4) is 17.1 Å². The summed E-state index contributed by atoms with van der Waals surface area (Å²) in [5, 5.41) is 17.7. The lowest BCUT2D eigenvalue weighted by Crippen LogP contribution is -2.38. The lowest BCUT2D eigenvalue weighted by molar-refractivity contribution is 0.0320. The molecule has 0 amide bonds. The van der Waals surface area contributed by atoms with Crippen molar-refractivity contribution in [2.75, 3.05) is 50.1 Å². The van der Waals surface area contributed by atoms with Gasteiger partial charge in [0.15, 0.2) is 5.76 Å². The summed E-state index contributed by atoms with van der Waals surface area (Å²) in [5.74, 6) is 2.86. The Morgan fingerprint density at radius 2 is 1.94 bits per heavy atom. The number of nitrogens with one attached hydrogen (secondary N) is 3. The van der Waals surface area contributed by atoms with Gasteiger partial charge in [-0.05, 0) is 6.92 Å². The topological polar surface area (TPSA) is 126 Å². The molecule has 182 valence electrons. The zero-order valence-corrected chi connectivity index (χ0v) is 19.5. The molecule has 1 saturated heterocycles. The molecule has 1 fully saturated rings. The summed E-state index contributed by atoms with van der Waals surface area (Å²) in [6, 6.07) is 15.5. The molecule has 0 spiro atoms. The molecule has 1 aromatic carbocycles. The molecular weight excluding hydrogens is 448 g/mol. The number of aromatic amines is 1. The second-order valence-electron chi connectivity index (χ2n) is 8.16. The van der Waals surface area contributed by atoms with Gasteiger partial charge in [-0.2, -0.15) is 15.1 Å². The fourth-order valence-electron chi connectivity index (χ4n) is 3.68. The molecule has 5 rings (SSSR count). The molecule has 0 unspecified atom stereocenters. The Kier molecular flexibility index (Phi) is 7.16. The number of nitrogens with zero attached hydrogens (tertiary/aromatic N) is 5. The van der Waals surface area contributed by atoms with E-state index in [-0.39, 0.29) is 0 Å². The SMILES string of the molecule is Cc1cc(Nc2cc(OCCN3CCOCC3)nc(NCc3cc(-c4ccccc4)no3)n2)[nH]n1. The van der Waals surface area contributed by atoms with Crippen molar-refractivity contribution in [2.24, 2.45) is 0 Å². The number of aryl methyl sites for hydroxylation is 1. The zero-order valence-electron chi connectivity index (χ0n) is 19.5. The highest BCUT2D eigenvalue weighted by Gasteiger charge is 2.13. The predicted octanol–water partition coefficient (Wildman–Crippen LogP) is 3.23. The number of rotatable bonds is 10. The van der Waals surface area contributed by atoms with Gasteiger partial charge in [-0.1, -0.05) is 35.5 Å². The maximum absolute atomic E-state index is 5.97. The van der Waals surface area contributed by atoms with E-state index >= 15 is 0 Å². The molecular formula is C24H28N8O3. The largest absolute Gasteiger partial charge is 0.476 e. The summed E-state index contributed by atoms with van der Waals surface area (Å²) in [6.07, 6.45) is 0. The third kappa shape index (κ3) is 6.34. The van der Waals surface area contributed by atoms with Crippen molar-refractivity contribution >= 4 is 17.6 Å². The van der Waals surface area contributed by atoms with Gasteiger partial charge in [0.25, 0.3) is 0 Å². The lowest BCUT2D eigenvalue weighted by Gasteiger charge is -2.26. The van der Waals surface area contributed by atoms with Crippen LogP contribution in [0.2, 0.25) is 0 Å². The molecule has 1 aliphatic heterocycles. The second kappa shape index (κ2) is 11.0. The third-order valence-electron chi connectivity index (χ3n) is 5.48. The molecule has 11 nitrogen and oxygen atoms in total. The average Bonchev–Trinajstić information content (AvgIpc) is 3.53. The number of H-pyrrole nitrogens is 1. The number of morpholine rings is 1. The molecule has 1 aliphatic rings. The van der Waals surface area contributed by atoms with Crippen molar-refractivity contribution in [3.05, 3.63) is 60.0 Å². The number of aromatic nitrogens is 5. The molecule has 0 aliphatic carbocycles. The zero-order chi connectivity index (χ0) is 23.9. The third-order valence-corrected chi connectivity index (χ3v) is 5.48. The molecule has 0 bridgehead atoms. The number of benzene rings is 1. The highest BCUT2D eigenvalue weighted by Crippen LogP contribution is 2.22. The Bertz CT molecular complexity index is 1220. The summed E-state index contributed by atoms with van der Waals surface area (Å²) in [4.78, 5) is 11.4. The Morgan fingerprint density at radius 3 is 2.74 bits per heavy atom. The van der Waals surface area contributed by atoms with Gasteiger partial charge in [0, 0.05) is 43.4 Å². The van der Waals surface area contributed by atoms with Crippen LogP contribution < -0.4 is 15.4 Å². The van der Waals surface area contributed by atoms with E-state index in [0.717, 1.165) is 55.6 Å². The summed E-state index contributed by atoms with van der Waals surface area (Å²) >= 11 is 0. The monoisotopic (exact) mass is 476 g/mol. The molecule has 0 radical (unpaired) electrons. The summed E-state index contributed by atoms with van der Waals surface area (Å²) in [7, 11) is 0. The minimum Gasteiger partial charge on any atom is -0.476 e. The summed E-state index contributed by atoms with van der Waals surface area (Å²) < 4.78 is 16.9. The van der Waals surface area contributed by atoms with Gasteiger partial charge >= 0.3 is 0 Å². The Balaban J connectivity index is 1.26. The van der Waals surface area contributed by atoms with Crippen LogP contribution in [0.25, 0.3) is 11.3 Å². The lowest BCUT2D eigenvalue weighted by atomic mass is 10.1. The van der Waals surface area contributed by atoms with Gasteiger partial charge in [-0.3, -0.25) is 10.00 Å². The highest BCUT2D eigenvalue weighted by molar-refractivity contribution is 5.58. The van der Waals surface area contributed by atoms with E-state index < -0.39 is 0 Å². The molecule has 4 aromatic rings. The molecule has 3 N–H and O–H groups in total. The van der Waals surface area contributed by atoms with Gasteiger partial charge in [0.1, 0.15) is 23.9 Å². The van der Waals surface area contributed by atoms with Crippen LogP contribution in [0.1, 0.15) is 11.5 Å². The number of anilines is 3. The van der Waals surface area contributed by atoms with E-state index in [1.807, 2.05) is 49.4 Å². The van der Waals surface area contributed by atoms with Gasteiger partial charge in [-0.15, -0.1) is 0 Å². The van der Waals surface area contributed by atoms with E-state index in [0.29, 0.717) is 36.6 Å². The van der Waals surface area contributed by atoms with Crippen molar-refractivity contribution in [1.29, 1.82) is 0 Å². The van der Waals surface area contributed by atoms with Crippen LogP contribution in [0.4, 0.5) is 17.6 Å². The summed E-state index contributed by atoms with van der Waals surface area (Å²) in [6.45, 7) is 6.94. The van der Waals surface area contributed by atoms with E-state index in [1.54, 1.807) is 6.07 Å². The van der Waals surface area contributed by atoms with Crippen molar-refractivity contribution in [1.82, 2.24) is 30.2 Å². The van der Waals surface area contributed by atoms with Crippen LogP contribution in [0, 0.1) is 6.92 Å². The molecule has 0 atom stereocenters. The van der Waals surface area contributed by atoms with Crippen molar-refractivity contribution in [2.45, 2.75) is 13.5 Å². The van der Waals surface area contributed by atoms with Gasteiger partial charge in [0.2, 0.25) is 11.8 Å². The summed E-state index contributed by atoms with van der Waals surface area (Å²) in [5.41, 5.74) is 2.65. The van der Waals surface area contributed by atoms with Gasteiger partial charge < -0.3 is 24.6 Å². The second-order valence-corrected chi connectivity index (χ2v) is 8.16. The normalized spacial score (nSPS) is 14.1. The maximum atomic E-state index is 5.97. The number of hydrogen-bond acceptors (Lipinski definition) is 10. The van der Waals surface area contributed by atoms with Crippen LogP contribution in [-0.4, -0.2) is 69.7 Å². The van der Waals surface area contributed by atoms with E-state index in [1.165, 1.54) is 0 Å². The Morgan fingerprint density at radius 1 is 1.09 bits per heavy atom. The molecule has 35 heavy (non-hydrogen) atoms. The minimum atomic E-state index is 0.375. The fourth-order valence-corrected chi connectivity index (χ4v) is 3.68. The van der Waals surface area contributed by atoms with Gasteiger partial charge in [-0.25, -0.2) is 0 Å². The Hall–Kier alpha value is -3.96. The average molecular weight is 477 g/mol. The van der Waals surface area contributed by atoms with E-state index in [2.05, 4.69) is 40.9 Å². The first kappa shape index (κ1) is 22.8. The smallest absolute Gasteiger partial charge is 0.228 e. The van der Waals surface area contributed by atoms with E-state index in [4.69, 9.17) is 14.0 Å². The first-order valence-electron chi connectivity index (χ1n) is 11.6. The van der Waals surface area contributed by atoms with Crippen LogP contribution >= 0.6 is 0 Å². The molecule has 11 heteroatoms. The van der Waals surface area contributed by atoms with Crippen LogP contribution in [-0.2, 0) is 11.3 Å². The molecule has 4 heterocycles. The molecule has 0 saturated carbocycles. The standard InChI is InChI=1S/C24H28N8O3/c1-17-13-22(30-29-17)26-21-15-23(34-12-9-32-7-10-33-11-8-32)28-24(27-21)25-16-19-14-20(31-35-19)18-5-3-2-4-6-18/h2-6,13-15H,7-12,16H2,1H3,(H3,25,26,27,28,29,30). The van der Waals surface area contributed by atoms with Crippen LogP contribution in [0.5, 0.6) is 5.88 Å². The van der Waals surface area contributed by atoms with Crippen molar-refractivity contribution < 1.29 is 14.0 Å². The predicted molar refractivity (Wildman–Crippen MR) is 131 cm³/mol. The minimum absolute atomic E-state index is 0.375. The highest BCUT2D eigenvalue weighted by atomic mass is 16.5. The van der Waals surface area contributed by atoms with E-state index in [9.17, 15) is 0 Å². The van der Waals surface area contributed by atoms with Gasteiger partial charge in [0.05, 0.1) is 25.5 Å².